The maximum Gasteiger partial charge on any atom is 0.298 e. The van der Waals surface area contributed by atoms with E-state index in [2.05, 4.69) is 37.0 Å². The molecule has 3 saturated heterocycles. The third-order valence-electron chi connectivity index (χ3n) is 7.71. The van der Waals surface area contributed by atoms with E-state index in [0.717, 1.165) is 45.0 Å². The van der Waals surface area contributed by atoms with Gasteiger partial charge in [-0.25, -0.2) is 9.97 Å². The number of carbonyl (C=O) groups is 1. The van der Waals surface area contributed by atoms with Gasteiger partial charge >= 0.3 is 0 Å². The molecular formula is C25H32ClN7O2. The summed E-state index contributed by atoms with van der Waals surface area (Å²) in [5.74, 6) is 0.695. The van der Waals surface area contributed by atoms with Crippen molar-refractivity contribution in [2.24, 2.45) is 0 Å². The molecule has 3 fully saturated rings. The first-order valence-electron chi connectivity index (χ1n) is 12.3. The fourth-order valence-corrected chi connectivity index (χ4v) is 5.80. The van der Waals surface area contributed by atoms with Crippen molar-refractivity contribution in [2.45, 2.75) is 50.2 Å². The molecule has 0 radical (unpaired) electrons. The van der Waals surface area contributed by atoms with Crippen molar-refractivity contribution in [3.05, 3.63) is 42.2 Å². The van der Waals surface area contributed by atoms with Gasteiger partial charge in [0.05, 0.1) is 5.56 Å². The van der Waals surface area contributed by atoms with Crippen LogP contribution in [-0.4, -0.2) is 77.1 Å². The lowest BCUT2D eigenvalue weighted by Gasteiger charge is -2.47. The Bertz CT molecular complexity index is 1150. The van der Waals surface area contributed by atoms with Gasteiger partial charge < -0.3 is 24.4 Å². The van der Waals surface area contributed by atoms with Crippen LogP contribution in [0.4, 0.5) is 12.0 Å². The number of carbonyl (C=O) groups excluding carboxylic acids is 1. The number of benzene rings is 1. The molecular weight excluding hydrogens is 466 g/mol. The maximum absolute atomic E-state index is 13.3. The van der Waals surface area contributed by atoms with E-state index in [9.17, 15) is 4.79 Å². The highest BCUT2D eigenvalue weighted by Gasteiger charge is 2.36. The summed E-state index contributed by atoms with van der Waals surface area (Å²) in [6.45, 7) is 3.08. The van der Waals surface area contributed by atoms with E-state index >= 15 is 0 Å². The second-order valence-corrected chi connectivity index (χ2v) is 9.72. The maximum atomic E-state index is 13.3. The van der Waals surface area contributed by atoms with Crippen LogP contribution in [0.5, 0.6) is 0 Å². The Kier molecular flexibility index (Phi) is 6.80. The zero-order valence-electron chi connectivity index (χ0n) is 20.0. The summed E-state index contributed by atoms with van der Waals surface area (Å²) in [6.07, 6.45) is 9.33. The smallest absolute Gasteiger partial charge is 0.298 e. The summed E-state index contributed by atoms with van der Waals surface area (Å²) >= 11 is 0. The summed E-state index contributed by atoms with van der Waals surface area (Å²) in [6, 6.07) is 9.37. The van der Waals surface area contributed by atoms with Crippen LogP contribution in [0.2, 0.25) is 0 Å². The Balaban J connectivity index is 0.00000253. The Labute approximate surface area is 211 Å². The van der Waals surface area contributed by atoms with Gasteiger partial charge in [0.15, 0.2) is 5.58 Å². The lowest BCUT2D eigenvalue weighted by Crippen LogP contribution is -2.55. The SMILES string of the molecule is CN1C2CCCC1CC(NC(=O)c1cccc3oc(N4CCN(c5ncccn5)CC4)nc13)C2.Cl. The number of piperidine rings is 2. The third kappa shape index (κ3) is 4.67. The van der Waals surface area contributed by atoms with Gasteiger partial charge in [0.25, 0.3) is 11.9 Å². The van der Waals surface area contributed by atoms with Gasteiger partial charge in [-0.3, -0.25) is 4.79 Å². The number of fused-ring (bicyclic) bond motifs is 3. The quantitative estimate of drug-likeness (QED) is 0.588. The molecule has 2 atom stereocenters. The first-order chi connectivity index (χ1) is 16.7. The number of piperazine rings is 1. The molecule has 0 spiro atoms. The Morgan fingerprint density at radius 3 is 2.40 bits per heavy atom. The number of anilines is 2. The van der Waals surface area contributed by atoms with E-state index in [1.165, 1.54) is 19.3 Å². The molecule has 0 saturated carbocycles. The summed E-state index contributed by atoms with van der Waals surface area (Å²) in [4.78, 5) is 33.5. The molecule has 0 aliphatic carbocycles. The number of oxazole rings is 1. The summed E-state index contributed by atoms with van der Waals surface area (Å²) in [7, 11) is 2.23. The number of nitrogens with zero attached hydrogens (tertiary/aromatic N) is 6. The first-order valence-corrected chi connectivity index (χ1v) is 12.3. The number of nitrogens with one attached hydrogen (secondary N) is 1. The van der Waals surface area contributed by atoms with Crippen molar-refractivity contribution in [3.8, 4) is 0 Å². The molecule has 1 amide bonds. The zero-order valence-corrected chi connectivity index (χ0v) is 20.8. The van der Waals surface area contributed by atoms with Crippen LogP contribution in [0.15, 0.2) is 41.1 Å². The molecule has 186 valence electrons. The highest BCUT2D eigenvalue weighted by atomic mass is 35.5. The second-order valence-electron chi connectivity index (χ2n) is 9.72. The average molecular weight is 498 g/mol. The minimum absolute atomic E-state index is 0. The van der Waals surface area contributed by atoms with Gasteiger partial charge in [-0.15, -0.1) is 12.4 Å². The standard InChI is InChI=1S/C25H31N7O2.ClH/c1-30-18-5-2-6-19(30)16-17(15-18)28-23(33)20-7-3-8-21-22(20)29-25(34-21)32-13-11-31(12-14-32)24-26-9-4-10-27-24;/h3-4,7-10,17-19H,2,5-6,11-16H2,1H3,(H,28,33);1H. The van der Waals surface area contributed by atoms with Crippen LogP contribution >= 0.6 is 12.4 Å². The molecule has 10 heteroatoms. The number of halogens is 1. The van der Waals surface area contributed by atoms with Crippen LogP contribution in [0.3, 0.4) is 0 Å². The van der Waals surface area contributed by atoms with Crippen molar-refractivity contribution >= 4 is 41.4 Å². The van der Waals surface area contributed by atoms with Gasteiger partial charge in [0, 0.05) is 56.7 Å². The molecule has 6 rings (SSSR count). The molecule has 35 heavy (non-hydrogen) atoms. The van der Waals surface area contributed by atoms with Gasteiger partial charge in [-0.2, -0.15) is 4.98 Å². The Hall–Kier alpha value is -2.91. The molecule has 3 aliphatic heterocycles. The normalized spacial score (nSPS) is 24.8. The largest absolute Gasteiger partial charge is 0.423 e. The van der Waals surface area contributed by atoms with Crippen molar-refractivity contribution in [3.63, 3.8) is 0 Å². The topological polar surface area (TPSA) is 90.6 Å². The molecule has 2 unspecified atom stereocenters. The zero-order chi connectivity index (χ0) is 23.1. The van der Waals surface area contributed by atoms with Crippen molar-refractivity contribution < 1.29 is 9.21 Å². The number of amides is 1. The predicted molar refractivity (Wildman–Crippen MR) is 137 cm³/mol. The number of hydrogen-bond acceptors (Lipinski definition) is 8. The third-order valence-corrected chi connectivity index (χ3v) is 7.71. The number of rotatable bonds is 4. The fourth-order valence-electron chi connectivity index (χ4n) is 5.80. The average Bonchev–Trinajstić information content (AvgIpc) is 3.30. The highest BCUT2D eigenvalue weighted by Crippen LogP contribution is 2.33. The van der Waals surface area contributed by atoms with E-state index < -0.39 is 0 Å². The van der Waals surface area contributed by atoms with Crippen LogP contribution < -0.4 is 15.1 Å². The predicted octanol–water partition coefficient (Wildman–Crippen LogP) is 3.11. The van der Waals surface area contributed by atoms with Crippen molar-refractivity contribution in [1.29, 1.82) is 0 Å². The molecule has 1 N–H and O–H groups in total. The molecule has 3 aliphatic rings. The highest BCUT2D eigenvalue weighted by molar-refractivity contribution is 6.04. The minimum Gasteiger partial charge on any atom is -0.423 e. The first kappa shape index (κ1) is 23.8. The van der Waals surface area contributed by atoms with E-state index in [1.54, 1.807) is 12.4 Å². The van der Waals surface area contributed by atoms with E-state index in [0.29, 0.717) is 34.8 Å². The Morgan fingerprint density at radius 2 is 1.69 bits per heavy atom. The lowest BCUT2D eigenvalue weighted by atomic mass is 9.82. The van der Waals surface area contributed by atoms with Crippen molar-refractivity contribution in [1.82, 2.24) is 25.2 Å². The van der Waals surface area contributed by atoms with Gasteiger partial charge in [0.2, 0.25) is 5.95 Å². The van der Waals surface area contributed by atoms with E-state index in [-0.39, 0.29) is 24.4 Å². The number of aromatic nitrogens is 3. The fraction of sp³-hybridized carbons (Fsp3) is 0.520. The molecule has 2 bridgehead atoms. The van der Waals surface area contributed by atoms with Gasteiger partial charge in [-0.05, 0) is 50.9 Å². The summed E-state index contributed by atoms with van der Waals surface area (Å²) < 4.78 is 6.08. The van der Waals surface area contributed by atoms with Crippen LogP contribution in [0, 0.1) is 0 Å². The number of para-hydroxylation sites is 1. The molecule has 5 heterocycles. The van der Waals surface area contributed by atoms with Crippen LogP contribution in [-0.2, 0) is 0 Å². The second kappa shape index (κ2) is 9.99. The van der Waals surface area contributed by atoms with Gasteiger partial charge in [-0.1, -0.05) is 12.5 Å². The van der Waals surface area contributed by atoms with Crippen molar-refractivity contribution in [2.75, 3.05) is 43.0 Å². The molecule has 3 aromatic rings. The molecule has 2 aromatic heterocycles. The van der Waals surface area contributed by atoms with E-state index in [1.807, 2.05) is 24.3 Å². The van der Waals surface area contributed by atoms with Crippen LogP contribution in [0.25, 0.3) is 11.1 Å². The minimum atomic E-state index is -0.0517. The number of hydrogen-bond donors (Lipinski definition) is 1. The van der Waals surface area contributed by atoms with E-state index in [4.69, 9.17) is 9.40 Å². The molecule has 9 nitrogen and oxygen atoms in total. The summed E-state index contributed by atoms with van der Waals surface area (Å²) in [5.41, 5.74) is 1.88. The molecule has 1 aromatic carbocycles. The monoisotopic (exact) mass is 497 g/mol. The summed E-state index contributed by atoms with van der Waals surface area (Å²) in [5, 5.41) is 3.31. The van der Waals surface area contributed by atoms with Gasteiger partial charge in [0.1, 0.15) is 5.52 Å². The lowest BCUT2D eigenvalue weighted by molar-refractivity contribution is 0.0463. The Morgan fingerprint density at radius 1 is 1.00 bits per heavy atom. The van der Waals surface area contributed by atoms with Crippen LogP contribution in [0.1, 0.15) is 42.5 Å².